The van der Waals surface area contributed by atoms with Crippen LogP contribution in [0.2, 0.25) is 0 Å². The van der Waals surface area contributed by atoms with E-state index in [0.29, 0.717) is 24.7 Å². The largest absolute Gasteiger partial charge is 0.466 e. The van der Waals surface area contributed by atoms with Crippen molar-refractivity contribution >= 4 is 17.7 Å². The number of hydrogen-bond acceptors (Lipinski definition) is 6. The molecule has 1 fully saturated rings. The highest BCUT2D eigenvalue weighted by Gasteiger charge is 2.39. The smallest absolute Gasteiger partial charge is 0.308 e. The number of allylic oxidation sites excluding steroid dienone is 1. The Morgan fingerprint density at radius 2 is 2.09 bits per heavy atom. The SMILES string of the molecule is CCOC(=O)C1CCC(N2CC=C(C3CC4C5=C(N3)c3ncccc3C=CC5=CN4C)CC2)CC1. The molecule has 6 nitrogen and oxygen atoms in total. The summed E-state index contributed by atoms with van der Waals surface area (Å²) in [7, 11) is 2.20. The Morgan fingerprint density at radius 3 is 2.86 bits per heavy atom. The molecule has 2 unspecified atom stereocenters. The fourth-order valence-electron chi connectivity index (χ4n) is 6.70. The summed E-state index contributed by atoms with van der Waals surface area (Å²) in [6.45, 7) is 4.49. The Bertz CT molecular complexity index is 1130. The molecule has 2 atom stereocenters. The van der Waals surface area contributed by atoms with E-state index in [-0.39, 0.29) is 11.9 Å². The van der Waals surface area contributed by atoms with Gasteiger partial charge in [0.05, 0.1) is 30.0 Å². The molecule has 1 saturated carbocycles. The second kappa shape index (κ2) is 9.30. The van der Waals surface area contributed by atoms with Crippen LogP contribution in [0.25, 0.3) is 11.8 Å². The molecule has 3 aliphatic heterocycles. The third-order valence-corrected chi connectivity index (χ3v) is 8.60. The number of carbonyl (C=O) groups is 1. The predicted molar refractivity (Wildman–Crippen MR) is 138 cm³/mol. The predicted octanol–water partition coefficient (Wildman–Crippen LogP) is 4.13. The summed E-state index contributed by atoms with van der Waals surface area (Å²) < 4.78 is 5.25. The highest BCUT2D eigenvalue weighted by atomic mass is 16.5. The van der Waals surface area contributed by atoms with Crippen LogP contribution < -0.4 is 5.32 Å². The van der Waals surface area contributed by atoms with Gasteiger partial charge in [0.2, 0.25) is 0 Å². The summed E-state index contributed by atoms with van der Waals surface area (Å²) in [6, 6.07) is 5.49. The van der Waals surface area contributed by atoms with E-state index < -0.39 is 0 Å². The lowest BCUT2D eigenvalue weighted by Gasteiger charge is -2.41. The molecule has 6 rings (SSSR count). The van der Waals surface area contributed by atoms with Gasteiger partial charge in [-0.25, -0.2) is 0 Å². The first-order valence-electron chi connectivity index (χ1n) is 13.3. The van der Waals surface area contributed by atoms with Crippen LogP contribution in [0.3, 0.4) is 0 Å². The number of fused-ring (bicyclic) bond motifs is 2. The van der Waals surface area contributed by atoms with Crippen molar-refractivity contribution in [3.8, 4) is 0 Å². The molecule has 0 radical (unpaired) electrons. The van der Waals surface area contributed by atoms with Crippen LogP contribution in [0, 0.1) is 5.92 Å². The maximum atomic E-state index is 12.1. The second-order valence-electron chi connectivity index (χ2n) is 10.5. The third kappa shape index (κ3) is 4.12. The number of nitrogens with zero attached hydrogens (tertiary/aromatic N) is 3. The zero-order valence-electron chi connectivity index (χ0n) is 20.9. The Hall–Kier alpha value is -2.86. The van der Waals surface area contributed by atoms with Crippen molar-refractivity contribution in [2.24, 2.45) is 5.92 Å². The average molecular weight is 473 g/mol. The standard InChI is InChI=1S/C29H36N4O2/c1-3-35-29(34)21-8-10-23(11-9-21)33-15-12-19(13-16-33)24-17-25-26-22(18-32(25)2)7-6-20-5-4-14-30-27(20)28(26)31-24/h4-7,12,14,18,21,23-25,31H,3,8-11,13,15-17H2,1-2H3. The highest BCUT2D eigenvalue weighted by Crippen LogP contribution is 2.42. The van der Waals surface area contributed by atoms with Crippen molar-refractivity contribution in [3.63, 3.8) is 0 Å². The minimum atomic E-state index is 0.00290. The van der Waals surface area contributed by atoms with E-state index in [9.17, 15) is 4.79 Å². The molecule has 1 N–H and O–H groups in total. The van der Waals surface area contributed by atoms with Gasteiger partial charge >= 0.3 is 5.97 Å². The first-order valence-corrected chi connectivity index (χ1v) is 13.3. The fraction of sp³-hybridized carbons (Fsp3) is 0.517. The lowest BCUT2D eigenvalue weighted by atomic mass is 9.83. The van der Waals surface area contributed by atoms with Crippen LogP contribution in [0.4, 0.5) is 0 Å². The first-order chi connectivity index (χ1) is 17.1. The van der Waals surface area contributed by atoms with E-state index in [4.69, 9.17) is 9.72 Å². The maximum Gasteiger partial charge on any atom is 0.308 e. The lowest BCUT2D eigenvalue weighted by molar-refractivity contribution is -0.149. The van der Waals surface area contributed by atoms with Crippen molar-refractivity contribution in [3.05, 3.63) is 64.7 Å². The zero-order chi connectivity index (χ0) is 23.9. The summed E-state index contributed by atoms with van der Waals surface area (Å²) in [6.07, 6.45) is 17.4. The number of nitrogens with one attached hydrogen (secondary N) is 1. The number of carbonyl (C=O) groups excluding carboxylic acids is 1. The molecule has 0 amide bonds. The van der Waals surface area contributed by atoms with E-state index in [1.165, 1.54) is 28.0 Å². The molecular formula is C29H36N4O2. The van der Waals surface area contributed by atoms with Gasteiger partial charge in [-0.15, -0.1) is 0 Å². The number of aromatic nitrogens is 1. The molecule has 0 bridgehead atoms. The number of ether oxygens (including phenoxy) is 1. The Kier molecular flexibility index (Phi) is 6.01. The molecule has 0 aromatic carbocycles. The maximum absolute atomic E-state index is 12.1. The van der Waals surface area contributed by atoms with Gasteiger partial charge in [0.25, 0.3) is 0 Å². The second-order valence-corrected chi connectivity index (χ2v) is 10.5. The zero-order valence-corrected chi connectivity index (χ0v) is 20.9. The fourth-order valence-corrected chi connectivity index (χ4v) is 6.70. The van der Waals surface area contributed by atoms with E-state index in [1.807, 2.05) is 19.2 Å². The summed E-state index contributed by atoms with van der Waals surface area (Å²) in [5.74, 6) is 0.103. The van der Waals surface area contributed by atoms with Crippen molar-refractivity contribution in [2.45, 2.75) is 63.6 Å². The van der Waals surface area contributed by atoms with Gasteiger partial charge in [-0.3, -0.25) is 14.7 Å². The van der Waals surface area contributed by atoms with Gasteiger partial charge < -0.3 is 15.0 Å². The van der Waals surface area contributed by atoms with Crippen LogP contribution in [0.1, 0.15) is 56.7 Å². The van der Waals surface area contributed by atoms with Gasteiger partial charge in [0.15, 0.2) is 0 Å². The van der Waals surface area contributed by atoms with Crippen molar-refractivity contribution < 1.29 is 9.53 Å². The number of esters is 1. The molecular weight excluding hydrogens is 436 g/mol. The number of hydrogen-bond donors (Lipinski definition) is 1. The van der Waals surface area contributed by atoms with Crippen molar-refractivity contribution in [1.29, 1.82) is 0 Å². The van der Waals surface area contributed by atoms with E-state index >= 15 is 0 Å². The molecule has 0 saturated heterocycles. The molecule has 4 heterocycles. The van der Waals surface area contributed by atoms with Crippen molar-refractivity contribution in [1.82, 2.24) is 20.1 Å². The highest BCUT2D eigenvalue weighted by molar-refractivity contribution is 5.83. The summed E-state index contributed by atoms with van der Waals surface area (Å²) >= 11 is 0. The minimum Gasteiger partial charge on any atom is -0.466 e. The van der Waals surface area contributed by atoms with Crippen LogP contribution in [-0.4, -0.2) is 65.6 Å². The van der Waals surface area contributed by atoms with Gasteiger partial charge in [0, 0.05) is 55.8 Å². The first kappa shape index (κ1) is 22.6. The minimum absolute atomic E-state index is 0.00290. The summed E-state index contributed by atoms with van der Waals surface area (Å²) in [4.78, 5) is 21.9. The van der Waals surface area contributed by atoms with E-state index in [1.54, 1.807) is 0 Å². The summed E-state index contributed by atoms with van der Waals surface area (Å²) in [5, 5.41) is 3.94. The molecule has 2 aliphatic carbocycles. The topological polar surface area (TPSA) is 57.7 Å². The molecule has 0 spiro atoms. The van der Waals surface area contributed by atoms with Crippen LogP contribution in [0.5, 0.6) is 0 Å². The Morgan fingerprint density at radius 1 is 1.23 bits per heavy atom. The van der Waals surface area contributed by atoms with Crippen LogP contribution in [0.15, 0.2) is 53.4 Å². The molecule has 5 aliphatic rings. The Labute approximate surface area is 208 Å². The molecule has 184 valence electrons. The van der Waals surface area contributed by atoms with Crippen LogP contribution in [-0.2, 0) is 9.53 Å². The third-order valence-electron chi connectivity index (χ3n) is 8.60. The van der Waals surface area contributed by atoms with Gasteiger partial charge in [-0.2, -0.15) is 0 Å². The molecule has 6 heteroatoms. The molecule has 1 aromatic heterocycles. The summed E-state index contributed by atoms with van der Waals surface area (Å²) in [5.41, 5.74) is 7.70. The van der Waals surface area contributed by atoms with E-state index in [2.05, 4.69) is 52.7 Å². The lowest BCUT2D eigenvalue weighted by Crippen LogP contribution is -2.46. The molecule has 1 aromatic rings. The monoisotopic (exact) mass is 472 g/mol. The number of rotatable bonds is 4. The average Bonchev–Trinajstić information content (AvgIpc) is 3.13. The van der Waals surface area contributed by atoms with Crippen LogP contribution >= 0.6 is 0 Å². The number of pyridine rings is 1. The van der Waals surface area contributed by atoms with Crippen molar-refractivity contribution in [2.75, 3.05) is 26.7 Å². The van der Waals surface area contributed by atoms with E-state index in [0.717, 1.165) is 57.3 Å². The Balaban J connectivity index is 1.16. The quantitative estimate of drug-likeness (QED) is 0.525. The van der Waals surface area contributed by atoms with Gasteiger partial charge in [-0.05, 0) is 62.7 Å². The number of likely N-dealkylation sites (N-methyl/N-ethyl adjacent to an activating group) is 1. The molecule has 35 heavy (non-hydrogen) atoms. The normalized spacial score (nSPS) is 30.1. The van der Waals surface area contributed by atoms with Gasteiger partial charge in [0.1, 0.15) is 0 Å². The van der Waals surface area contributed by atoms with Gasteiger partial charge in [-0.1, -0.05) is 24.3 Å².